The van der Waals surface area contributed by atoms with Crippen LogP contribution in [0.15, 0.2) is 11.5 Å². The highest BCUT2D eigenvalue weighted by molar-refractivity contribution is 8.26. The van der Waals surface area contributed by atoms with Gasteiger partial charge in [-0.05, 0) is 47.0 Å². The molecule has 0 bridgehead atoms. The summed E-state index contributed by atoms with van der Waals surface area (Å²) in [6, 6.07) is 0. The highest BCUT2D eigenvalue weighted by atomic mass is 32.2. The van der Waals surface area contributed by atoms with Crippen molar-refractivity contribution in [3.8, 4) is 0 Å². The molecule has 3 heteroatoms. The zero-order valence-corrected chi connectivity index (χ0v) is 10.4. The fourth-order valence-electron chi connectivity index (χ4n) is 1.90. The summed E-state index contributed by atoms with van der Waals surface area (Å²) in [7, 11) is 0. The summed E-state index contributed by atoms with van der Waals surface area (Å²) in [5, 5.41) is 0. The van der Waals surface area contributed by atoms with E-state index in [2.05, 4.69) is 33.8 Å². The van der Waals surface area contributed by atoms with Gasteiger partial charge in [-0.3, -0.25) is 0 Å². The molecule has 0 atom stereocenters. The second-order valence-corrected chi connectivity index (χ2v) is 6.94. The van der Waals surface area contributed by atoms with E-state index in [0.717, 1.165) is 0 Å². The molecule has 1 saturated heterocycles. The van der Waals surface area contributed by atoms with Gasteiger partial charge in [0.25, 0.3) is 0 Å². The third-order valence-electron chi connectivity index (χ3n) is 3.63. The maximum absolute atomic E-state index is 6.14. The van der Waals surface area contributed by atoms with Gasteiger partial charge in [0.05, 0.1) is 5.60 Å². The first kappa shape index (κ1) is 10.6. The summed E-state index contributed by atoms with van der Waals surface area (Å²) in [4.78, 5) is 0. The summed E-state index contributed by atoms with van der Waals surface area (Å²) in [6.07, 6.45) is 6.49. The molecule has 0 spiro atoms. The standard InChI is InChI=1S/C11H19BOS/c1-10(2)11(3,4)14-12(13-10)9-7-5-6-8-9/h7H,5-6,8H2,1-4H3. The molecule has 2 aliphatic rings. The molecule has 0 saturated carbocycles. The van der Waals surface area contributed by atoms with Crippen molar-refractivity contribution in [2.24, 2.45) is 0 Å². The Balaban J connectivity index is 2.13. The number of hydrogen-bond donors (Lipinski definition) is 0. The van der Waals surface area contributed by atoms with E-state index in [1.54, 1.807) is 0 Å². The van der Waals surface area contributed by atoms with Crippen LogP contribution < -0.4 is 0 Å². The topological polar surface area (TPSA) is 9.23 Å². The van der Waals surface area contributed by atoms with Crippen LogP contribution in [0.1, 0.15) is 47.0 Å². The van der Waals surface area contributed by atoms with Crippen LogP contribution >= 0.6 is 11.6 Å². The van der Waals surface area contributed by atoms with Gasteiger partial charge in [0, 0.05) is 4.75 Å². The maximum atomic E-state index is 6.14. The van der Waals surface area contributed by atoms with Crippen LogP contribution in [0.3, 0.4) is 0 Å². The first-order valence-electron chi connectivity index (χ1n) is 5.47. The van der Waals surface area contributed by atoms with Gasteiger partial charge in [-0.1, -0.05) is 11.5 Å². The minimum absolute atomic E-state index is 0.00817. The molecular weight excluding hydrogens is 191 g/mol. The van der Waals surface area contributed by atoms with E-state index in [0.29, 0.717) is 6.19 Å². The molecular formula is C11H19BOS. The molecule has 0 N–H and O–H groups in total. The van der Waals surface area contributed by atoms with Crippen molar-refractivity contribution in [3.63, 3.8) is 0 Å². The lowest BCUT2D eigenvalue weighted by atomic mass is 9.83. The first-order valence-corrected chi connectivity index (χ1v) is 6.35. The van der Waals surface area contributed by atoms with E-state index < -0.39 is 0 Å². The van der Waals surface area contributed by atoms with E-state index in [1.807, 2.05) is 11.6 Å². The van der Waals surface area contributed by atoms with Gasteiger partial charge in [0.15, 0.2) is 0 Å². The quantitative estimate of drug-likeness (QED) is 0.613. The zero-order chi connectivity index (χ0) is 10.4. The van der Waals surface area contributed by atoms with Gasteiger partial charge in [0.1, 0.15) is 0 Å². The van der Waals surface area contributed by atoms with Crippen molar-refractivity contribution in [1.82, 2.24) is 0 Å². The number of hydrogen-bond acceptors (Lipinski definition) is 2. The van der Waals surface area contributed by atoms with Crippen LogP contribution in [0.4, 0.5) is 0 Å². The molecule has 1 aliphatic carbocycles. The predicted octanol–water partition coefficient (Wildman–Crippen LogP) is 3.44. The van der Waals surface area contributed by atoms with Crippen molar-refractivity contribution < 1.29 is 4.65 Å². The molecule has 0 aromatic rings. The summed E-state index contributed by atoms with van der Waals surface area (Å²) in [5.74, 6) is 0. The fourth-order valence-corrected chi connectivity index (χ4v) is 3.43. The summed E-state index contributed by atoms with van der Waals surface area (Å²) in [6.45, 7) is 8.98. The van der Waals surface area contributed by atoms with Crippen molar-refractivity contribution in [2.45, 2.75) is 57.3 Å². The van der Waals surface area contributed by atoms with E-state index >= 15 is 0 Å². The van der Waals surface area contributed by atoms with Crippen LogP contribution in [-0.2, 0) is 4.65 Å². The second-order valence-electron chi connectivity index (χ2n) is 5.26. The lowest BCUT2D eigenvalue weighted by molar-refractivity contribution is 0.0927. The normalized spacial score (nSPS) is 29.4. The van der Waals surface area contributed by atoms with Gasteiger partial charge in [-0.2, -0.15) is 11.6 Å². The fraction of sp³-hybridized carbons (Fsp3) is 0.818. The van der Waals surface area contributed by atoms with Gasteiger partial charge in [-0.15, -0.1) is 0 Å². The summed E-state index contributed by atoms with van der Waals surface area (Å²) in [5.41, 5.74) is 1.51. The van der Waals surface area contributed by atoms with E-state index in [9.17, 15) is 0 Å². The molecule has 0 aromatic carbocycles. The zero-order valence-electron chi connectivity index (χ0n) is 9.59. The molecule has 1 heterocycles. The van der Waals surface area contributed by atoms with E-state index in [4.69, 9.17) is 4.65 Å². The molecule has 0 unspecified atom stereocenters. The van der Waals surface area contributed by atoms with Crippen LogP contribution in [0, 0.1) is 0 Å². The predicted molar refractivity (Wildman–Crippen MR) is 64.5 cm³/mol. The molecule has 0 aromatic heterocycles. The average Bonchev–Trinajstić information content (AvgIpc) is 2.58. The van der Waals surface area contributed by atoms with Crippen molar-refractivity contribution >= 4 is 17.8 Å². The van der Waals surface area contributed by atoms with Crippen LogP contribution in [0.25, 0.3) is 0 Å². The van der Waals surface area contributed by atoms with Gasteiger partial charge in [0.2, 0.25) is 0 Å². The average molecular weight is 210 g/mol. The summed E-state index contributed by atoms with van der Waals surface area (Å²) >= 11 is 1.98. The van der Waals surface area contributed by atoms with Crippen molar-refractivity contribution in [3.05, 3.63) is 11.5 Å². The van der Waals surface area contributed by atoms with E-state index in [1.165, 1.54) is 24.7 Å². The van der Waals surface area contributed by atoms with Crippen molar-refractivity contribution in [1.29, 1.82) is 0 Å². The Morgan fingerprint density at radius 1 is 1.36 bits per heavy atom. The highest BCUT2D eigenvalue weighted by Gasteiger charge is 2.51. The first-order chi connectivity index (χ1) is 6.42. The molecule has 0 amide bonds. The number of rotatable bonds is 1. The lowest BCUT2D eigenvalue weighted by Gasteiger charge is -2.32. The lowest BCUT2D eigenvalue weighted by Crippen LogP contribution is -2.39. The molecule has 78 valence electrons. The Hall–Kier alpha value is 0.115. The Kier molecular flexibility index (Phi) is 2.51. The van der Waals surface area contributed by atoms with Crippen molar-refractivity contribution in [2.75, 3.05) is 0 Å². The minimum Gasteiger partial charge on any atom is -0.416 e. The Labute approximate surface area is 91.7 Å². The molecule has 1 fully saturated rings. The number of allylic oxidation sites excluding steroid dienone is 2. The van der Waals surface area contributed by atoms with Gasteiger partial charge < -0.3 is 4.65 Å². The smallest absolute Gasteiger partial charge is 0.393 e. The van der Waals surface area contributed by atoms with Crippen LogP contribution in [0.2, 0.25) is 0 Å². The van der Waals surface area contributed by atoms with Crippen LogP contribution in [0.5, 0.6) is 0 Å². The van der Waals surface area contributed by atoms with Crippen LogP contribution in [-0.4, -0.2) is 16.5 Å². The van der Waals surface area contributed by atoms with Gasteiger partial charge >= 0.3 is 6.19 Å². The third kappa shape index (κ3) is 1.65. The SMILES string of the molecule is CC1(C)OB(C2=CCCC2)SC1(C)C. The maximum Gasteiger partial charge on any atom is 0.393 e. The molecule has 1 aliphatic heterocycles. The largest absolute Gasteiger partial charge is 0.416 e. The molecule has 0 radical (unpaired) electrons. The molecule has 1 nitrogen and oxygen atoms in total. The monoisotopic (exact) mass is 210 g/mol. The molecule has 2 rings (SSSR count). The molecule has 14 heavy (non-hydrogen) atoms. The van der Waals surface area contributed by atoms with Gasteiger partial charge in [-0.25, -0.2) is 0 Å². The Morgan fingerprint density at radius 3 is 2.50 bits per heavy atom. The third-order valence-corrected chi connectivity index (χ3v) is 5.33. The highest BCUT2D eigenvalue weighted by Crippen LogP contribution is 2.49. The summed E-state index contributed by atoms with van der Waals surface area (Å²) < 4.78 is 6.37. The minimum atomic E-state index is -0.00817. The Bertz CT molecular complexity index is 254. The van der Waals surface area contributed by atoms with E-state index in [-0.39, 0.29) is 10.3 Å². The second kappa shape index (κ2) is 3.31. The Morgan fingerprint density at radius 2 is 2.07 bits per heavy atom.